The summed E-state index contributed by atoms with van der Waals surface area (Å²) in [6, 6.07) is 20.4. The van der Waals surface area contributed by atoms with Crippen molar-refractivity contribution in [2.75, 3.05) is 16.0 Å². The van der Waals surface area contributed by atoms with Crippen LogP contribution in [0.3, 0.4) is 0 Å². The van der Waals surface area contributed by atoms with Gasteiger partial charge in [-0.2, -0.15) is 0 Å². The third kappa shape index (κ3) is 6.38. The molecule has 0 unspecified atom stereocenters. The Labute approximate surface area is 205 Å². The predicted molar refractivity (Wildman–Crippen MR) is 136 cm³/mol. The van der Waals surface area contributed by atoms with Gasteiger partial charge < -0.3 is 21.3 Å². The summed E-state index contributed by atoms with van der Waals surface area (Å²) in [6.45, 7) is 0.248. The molecular weight excluding hydrogens is 462 g/mol. The summed E-state index contributed by atoms with van der Waals surface area (Å²) in [5.74, 6) is 0. The van der Waals surface area contributed by atoms with E-state index in [0.29, 0.717) is 17.1 Å². The minimum atomic E-state index is -0.572. The second kappa shape index (κ2) is 11.2. The fourth-order valence-electron chi connectivity index (χ4n) is 3.20. The third-order valence-electron chi connectivity index (χ3n) is 4.96. The van der Waals surface area contributed by atoms with Crippen molar-refractivity contribution in [1.29, 1.82) is 0 Å². The summed E-state index contributed by atoms with van der Waals surface area (Å²) < 4.78 is 0. The topological polar surface area (TPSA) is 151 Å². The minimum Gasteiger partial charge on any atom is -0.334 e. The second-order valence-corrected chi connectivity index (χ2v) is 7.50. The van der Waals surface area contributed by atoms with Crippen molar-refractivity contribution in [3.8, 4) is 11.4 Å². The second-order valence-electron chi connectivity index (χ2n) is 7.50. The molecule has 4 amide bonds. The molecule has 0 bridgehead atoms. The van der Waals surface area contributed by atoms with Gasteiger partial charge in [0.2, 0.25) is 0 Å². The predicted octanol–water partition coefficient (Wildman–Crippen LogP) is 5.02. The normalized spacial score (nSPS) is 10.2. The number of carbonyl (C=O) groups is 2. The maximum absolute atomic E-state index is 12.5. The molecule has 2 aromatic carbocycles. The summed E-state index contributed by atoms with van der Waals surface area (Å²) in [4.78, 5) is 43.7. The Morgan fingerprint density at radius 2 is 1.42 bits per heavy atom. The Bertz CT molecular complexity index is 1360. The van der Waals surface area contributed by atoms with Crippen LogP contribution in [0.15, 0.2) is 91.3 Å². The molecule has 36 heavy (non-hydrogen) atoms. The van der Waals surface area contributed by atoms with Gasteiger partial charge in [-0.1, -0.05) is 24.3 Å². The maximum atomic E-state index is 12.5. The Kier molecular flexibility index (Phi) is 7.41. The van der Waals surface area contributed by atoms with Crippen LogP contribution in [-0.4, -0.2) is 27.0 Å². The number of para-hydroxylation sites is 2. The van der Waals surface area contributed by atoms with Crippen molar-refractivity contribution in [2.45, 2.75) is 6.54 Å². The largest absolute Gasteiger partial charge is 0.334 e. The molecule has 2 heterocycles. The Morgan fingerprint density at radius 1 is 0.750 bits per heavy atom. The van der Waals surface area contributed by atoms with Crippen LogP contribution in [0.25, 0.3) is 11.4 Å². The van der Waals surface area contributed by atoms with Crippen LogP contribution in [0, 0.1) is 10.1 Å². The number of hydrogen-bond acceptors (Lipinski definition) is 6. The van der Waals surface area contributed by atoms with Gasteiger partial charge in [0, 0.05) is 36.8 Å². The zero-order valence-corrected chi connectivity index (χ0v) is 18.8. The number of anilines is 3. The Balaban J connectivity index is 1.31. The van der Waals surface area contributed by atoms with E-state index in [2.05, 4.69) is 31.2 Å². The van der Waals surface area contributed by atoms with Gasteiger partial charge in [0.1, 0.15) is 0 Å². The molecule has 180 valence electrons. The van der Waals surface area contributed by atoms with Crippen LogP contribution in [0.4, 0.5) is 32.3 Å². The number of non-ortho nitro benzene ring substituents is 1. The average Bonchev–Trinajstić information content (AvgIpc) is 2.90. The number of carbonyl (C=O) groups excluding carboxylic acids is 2. The summed E-state index contributed by atoms with van der Waals surface area (Å²) in [6.07, 6.45) is 3.37. The molecule has 2 aromatic heterocycles. The van der Waals surface area contributed by atoms with Gasteiger partial charge in [0.15, 0.2) is 0 Å². The van der Waals surface area contributed by atoms with Crippen molar-refractivity contribution in [3.05, 3.63) is 107 Å². The van der Waals surface area contributed by atoms with Crippen LogP contribution in [0.2, 0.25) is 0 Å². The first-order chi connectivity index (χ1) is 17.5. The van der Waals surface area contributed by atoms with Gasteiger partial charge in [-0.3, -0.25) is 20.1 Å². The van der Waals surface area contributed by atoms with E-state index in [4.69, 9.17) is 0 Å². The highest BCUT2D eigenvalue weighted by Gasteiger charge is 2.11. The molecule has 0 aliphatic rings. The number of urea groups is 2. The van der Waals surface area contributed by atoms with Gasteiger partial charge in [-0.15, -0.1) is 0 Å². The van der Waals surface area contributed by atoms with Crippen molar-refractivity contribution in [1.82, 2.24) is 15.3 Å². The molecule has 4 aromatic rings. The summed E-state index contributed by atoms with van der Waals surface area (Å²) in [7, 11) is 0. The van der Waals surface area contributed by atoms with E-state index < -0.39 is 17.0 Å². The van der Waals surface area contributed by atoms with Gasteiger partial charge in [0.05, 0.1) is 27.7 Å². The molecule has 0 aliphatic carbocycles. The number of nitro benzene ring substituents is 1. The van der Waals surface area contributed by atoms with Crippen molar-refractivity contribution in [3.63, 3.8) is 0 Å². The zero-order chi connectivity index (χ0) is 25.3. The van der Waals surface area contributed by atoms with Gasteiger partial charge in [0.25, 0.3) is 5.69 Å². The SMILES string of the molecule is O=C(NCc1ccc(-c2ccccn2)nc1)Nc1ccccc1NC(=O)Nc1ccc([N+](=O)[O-])cc1. The van der Waals surface area contributed by atoms with Crippen LogP contribution in [-0.2, 0) is 6.54 Å². The number of aromatic nitrogens is 2. The Morgan fingerprint density at radius 3 is 2.03 bits per heavy atom. The molecule has 4 N–H and O–H groups in total. The lowest BCUT2D eigenvalue weighted by atomic mass is 10.2. The van der Waals surface area contributed by atoms with Gasteiger partial charge >= 0.3 is 12.1 Å². The fourth-order valence-corrected chi connectivity index (χ4v) is 3.20. The van der Waals surface area contributed by atoms with Crippen LogP contribution < -0.4 is 21.3 Å². The number of nitrogens with zero attached hydrogens (tertiary/aromatic N) is 3. The van der Waals surface area contributed by atoms with E-state index in [1.54, 1.807) is 36.7 Å². The standard InChI is InChI=1S/C25H21N7O4/c33-24(28-16-17-8-13-21(27-15-17)20-5-3-4-14-26-20)30-22-6-1-2-7-23(22)31-25(34)29-18-9-11-19(12-10-18)32(35)36/h1-15H,16H2,(H2,28,30,33)(H2,29,31,34). The molecule has 4 rings (SSSR count). The number of nitro groups is 1. The molecule has 0 saturated heterocycles. The molecule has 0 aliphatic heterocycles. The lowest BCUT2D eigenvalue weighted by Crippen LogP contribution is -2.29. The lowest BCUT2D eigenvalue weighted by Gasteiger charge is -2.13. The van der Waals surface area contributed by atoms with Gasteiger partial charge in [-0.25, -0.2) is 9.59 Å². The van der Waals surface area contributed by atoms with Crippen LogP contribution >= 0.6 is 0 Å². The van der Waals surface area contributed by atoms with E-state index in [1.165, 1.54) is 24.3 Å². The highest BCUT2D eigenvalue weighted by Crippen LogP contribution is 2.22. The average molecular weight is 483 g/mol. The van der Waals surface area contributed by atoms with E-state index in [9.17, 15) is 19.7 Å². The van der Waals surface area contributed by atoms with Crippen LogP contribution in [0.5, 0.6) is 0 Å². The molecule has 0 atom stereocenters. The van der Waals surface area contributed by atoms with Gasteiger partial charge in [-0.05, 0) is 48.0 Å². The van der Waals surface area contributed by atoms with E-state index >= 15 is 0 Å². The number of pyridine rings is 2. The smallest absolute Gasteiger partial charge is 0.323 e. The molecule has 0 spiro atoms. The minimum absolute atomic E-state index is 0.0820. The highest BCUT2D eigenvalue weighted by atomic mass is 16.6. The number of benzene rings is 2. The first kappa shape index (κ1) is 23.8. The lowest BCUT2D eigenvalue weighted by molar-refractivity contribution is -0.384. The number of rotatable bonds is 7. The van der Waals surface area contributed by atoms with Crippen LogP contribution in [0.1, 0.15) is 5.56 Å². The molecule has 11 nitrogen and oxygen atoms in total. The number of nitrogens with one attached hydrogen (secondary N) is 4. The summed E-state index contributed by atoms with van der Waals surface area (Å²) in [5, 5.41) is 21.5. The third-order valence-corrected chi connectivity index (χ3v) is 4.96. The Hall–Kier alpha value is -5.32. The first-order valence-corrected chi connectivity index (χ1v) is 10.8. The highest BCUT2D eigenvalue weighted by molar-refractivity contribution is 6.03. The molecule has 0 fully saturated rings. The first-order valence-electron chi connectivity index (χ1n) is 10.8. The maximum Gasteiger partial charge on any atom is 0.323 e. The zero-order valence-electron chi connectivity index (χ0n) is 18.8. The van der Waals surface area contributed by atoms with E-state index in [0.717, 1.165) is 17.0 Å². The monoisotopic (exact) mass is 483 g/mol. The molecule has 0 radical (unpaired) electrons. The van der Waals surface area contributed by atoms with E-state index in [1.807, 2.05) is 30.3 Å². The fraction of sp³-hybridized carbons (Fsp3) is 0.0400. The number of hydrogen-bond donors (Lipinski definition) is 4. The van der Waals surface area contributed by atoms with Crippen molar-refractivity contribution < 1.29 is 14.5 Å². The molecular formula is C25H21N7O4. The quantitative estimate of drug-likeness (QED) is 0.214. The molecule has 0 saturated carbocycles. The summed E-state index contributed by atoms with van der Waals surface area (Å²) >= 11 is 0. The molecule has 11 heteroatoms. The van der Waals surface area contributed by atoms with E-state index in [-0.39, 0.29) is 12.2 Å². The summed E-state index contributed by atoms with van der Waals surface area (Å²) in [5.41, 5.74) is 3.35. The number of amides is 4. The van der Waals surface area contributed by atoms with Crippen molar-refractivity contribution in [2.24, 2.45) is 0 Å². The van der Waals surface area contributed by atoms with Crippen molar-refractivity contribution >= 4 is 34.8 Å².